The Morgan fingerprint density at radius 1 is 1.39 bits per heavy atom. The van der Waals surface area contributed by atoms with Crippen molar-refractivity contribution in [2.45, 2.75) is 70.5 Å². The van der Waals surface area contributed by atoms with Crippen LogP contribution in [0, 0.1) is 0 Å². The first-order valence-electron chi connectivity index (χ1n) is 7.11. The average molecular weight is 254 g/mol. The second-order valence-electron chi connectivity index (χ2n) is 5.11. The molecule has 1 fully saturated rings. The molecule has 104 valence electrons. The van der Waals surface area contributed by atoms with E-state index < -0.39 is 0 Å². The molecule has 1 saturated carbocycles. The van der Waals surface area contributed by atoms with E-state index in [0.29, 0.717) is 0 Å². The van der Waals surface area contributed by atoms with Crippen molar-refractivity contribution in [2.75, 3.05) is 6.61 Å². The van der Waals surface area contributed by atoms with Crippen molar-refractivity contribution < 1.29 is 14.3 Å². The Bertz CT molecular complexity index is 269. The maximum atomic E-state index is 11.2. The van der Waals surface area contributed by atoms with Gasteiger partial charge in [-0.25, -0.2) is 4.79 Å². The van der Waals surface area contributed by atoms with Crippen molar-refractivity contribution in [3.63, 3.8) is 0 Å². The van der Waals surface area contributed by atoms with Crippen molar-refractivity contribution >= 4 is 5.97 Å². The number of carbonyl (C=O) groups is 1. The maximum Gasteiger partial charge on any atom is 0.330 e. The van der Waals surface area contributed by atoms with Crippen LogP contribution in [-0.2, 0) is 14.3 Å². The summed E-state index contributed by atoms with van der Waals surface area (Å²) in [5.41, 5.74) is -0.231. The molecule has 1 atom stereocenters. The highest BCUT2D eigenvalue weighted by Crippen LogP contribution is 2.40. The van der Waals surface area contributed by atoms with Gasteiger partial charge >= 0.3 is 5.97 Å². The lowest BCUT2D eigenvalue weighted by atomic mass is 9.76. The molecule has 0 bridgehead atoms. The van der Waals surface area contributed by atoms with Crippen LogP contribution < -0.4 is 0 Å². The molecule has 18 heavy (non-hydrogen) atoms. The number of hydrogen-bond donors (Lipinski definition) is 0. The molecule has 0 amide bonds. The standard InChI is InChI=1S/C15H26O3/c1-4-6-7-8-12-17-15(10-9-11-15)13(3)18-14(16)5-2/h5,13H,2,4,6-12H2,1,3H3. The highest BCUT2D eigenvalue weighted by molar-refractivity contribution is 5.81. The summed E-state index contributed by atoms with van der Waals surface area (Å²) < 4.78 is 11.3. The van der Waals surface area contributed by atoms with Crippen LogP contribution in [-0.4, -0.2) is 24.3 Å². The molecule has 0 radical (unpaired) electrons. The minimum absolute atomic E-state index is 0.178. The molecule has 1 rings (SSSR count). The first-order chi connectivity index (χ1) is 8.64. The van der Waals surface area contributed by atoms with Gasteiger partial charge in [0, 0.05) is 12.7 Å². The largest absolute Gasteiger partial charge is 0.456 e. The molecule has 3 nitrogen and oxygen atoms in total. The third kappa shape index (κ3) is 4.13. The van der Waals surface area contributed by atoms with Crippen LogP contribution in [0.5, 0.6) is 0 Å². The minimum Gasteiger partial charge on any atom is -0.456 e. The number of unbranched alkanes of at least 4 members (excludes halogenated alkanes) is 3. The number of carbonyl (C=O) groups excluding carboxylic acids is 1. The SMILES string of the molecule is C=CC(=O)OC(C)C1(OCCCCCC)CCC1. The first-order valence-corrected chi connectivity index (χ1v) is 7.11. The molecule has 0 aromatic heterocycles. The lowest BCUT2D eigenvalue weighted by molar-refractivity contribution is -0.187. The Kier molecular flexibility index (Phi) is 6.41. The van der Waals surface area contributed by atoms with Crippen LogP contribution in [0.1, 0.15) is 58.8 Å². The first kappa shape index (κ1) is 15.2. The Balaban J connectivity index is 2.32. The lowest BCUT2D eigenvalue weighted by Gasteiger charge is -2.45. The molecule has 1 aliphatic rings. The Hall–Kier alpha value is -0.830. The Morgan fingerprint density at radius 2 is 2.11 bits per heavy atom. The van der Waals surface area contributed by atoms with Gasteiger partial charge < -0.3 is 9.47 Å². The number of ether oxygens (including phenoxy) is 2. The van der Waals surface area contributed by atoms with Gasteiger partial charge in [0.25, 0.3) is 0 Å². The van der Waals surface area contributed by atoms with Crippen molar-refractivity contribution in [2.24, 2.45) is 0 Å². The van der Waals surface area contributed by atoms with Gasteiger partial charge in [-0.1, -0.05) is 32.8 Å². The van der Waals surface area contributed by atoms with Crippen molar-refractivity contribution in [1.29, 1.82) is 0 Å². The summed E-state index contributed by atoms with van der Waals surface area (Å²) in [5, 5.41) is 0. The van der Waals surface area contributed by atoms with Crippen LogP contribution >= 0.6 is 0 Å². The number of esters is 1. The highest BCUT2D eigenvalue weighted by atomic mass is 16.6. The van der Waals surface area contributed by atoms with Gasteiger partial charge in [0.15, 0.2) is 0 Å². The van der Waals surface area contributed by atoms with Gasteiger partial charge in [0.2, 0.25) is 0 Å². The molecule has 0 aromatic carbocycles. The second-order valence-corrected chi connectivity index (χ2v) is 5.11. The third-order valence-corrected chi connectivity index (χ3v) is 3.79. The fourth-order valence-electron chi connectivity index (χ4n) is 2.33. The number of hydrogen-bond acceptors (Lipinski definition) is 3. The van der Waals surface area contributed by atoms with Crippen LogP contribution in [0.15, 0.2) is 12.7 Å². The Morgan fingerprint density at radius 3 is 2.61 bits per heavy atom. The van der Waals surface area contributed by atoms with E-state index in [2.05, 4.69) is 13.5 Å². The molecule has 0 heterocycles. The summed E-state index contributed by atoms with van der Waals surface area (Å²) in [5.74, 6) is -0.358. The topological polar surface area (TPSA) is 35.5 Å². The molecule has 1 aliphatic carbocycles. The maximum absolute atomic E-state index is 11.2. The fraction of sp³-hybridized carbons (Fsp3) is 0.800. The lowest BCUT2D eigenvalue weighted by Crippen LogP contribution is -2.51. The van der Waals surface area contributed by atoms with E-state index >= 15 is 0 Å². The van der Waals surface area contributed by atoms with E-state index in [4.69, 9.17) is 9.47 Å². The quantitative estimate of drug-likeness (QED) is 0.358. The highest BCUT2D eigenvalue weighted by Gasteiger charge is 2.45. The summed E-state index contributed by atoms with van der Waals surface area (Å²) in [6.07, 6.45) is 8.98. The van der Waals surface area contributed by atoms with Crippen molar-refractivity contribution in [1.82, 2.24) is 0 Å². The van der Waals surface area contributed by atoms with Gasteiger partial charge in [0.1, 0.15) is 11.7 Å². The molecular formula is C15H26O3. The summed E-state index contributed by atoms with van der Waals surface area (Å²) in [6.45, 7) is 8.32. The summed E-state index contributed by atoms with van der Waals surface area (Å²) >= 11 is 0. The minimum atomic E-state index is -0.358. The van der Waals surface area contributed by atoms with E-state index in [1.54, 1.807) is 0 Å². The Labute approximate surface area is 111 Å². The molecule has 3 heteroatoms. The van der Waals surface area contributed by atoms with E-state index in [1.165, 1.54) is 25.3 Å². The van der Waals surface area contributed by atoms with E-state index in [1.807, 2.05) is 6.92 Å². The van der Waals surface area contributed by atoms with Gasteiger partial charge in [-0.05, 0) is 32.6 Å². The molecule has 0 N–H and O–H groups in total. The summed E-state index contributed by atoms with van der Waals surface area (Å²) in [7, 11) is 0. The predicted molar refractivity (Wildman–Crippen MR) is 72.4 cm³/mol. The summed E-state index contributed by atoms with van der Waals surface area (Å²) in [6, 6.07) is 0. The molecular weight excluding hydrogens is 228 g/mol. The predicted octanol–water partition coefficient (Wildman–Crippen LogP) is 3.62. The van der Waals surface area contributed by atoms with Crippen LogP contribution in [0.25, 0.3) is 0 Å². The zero-order chi connectivity index (χ0) is 13.4. The fourth-order valence-corrected chi connectivity index (χ4v) is 2.33. The van der Waals surface area contributed by atoms with E-state index in [0.717, 1.165) is 32.3 Å². The van der Waals surface area contributed by atoms with E-state index in [-0.39, 0.29) is 17.7 Å². The molecule has 0 saturated heterocycles. The molecule has 0 aromatic rings. The smallest absolute Gasteiger partial charge is 0.330 e. The van der Waals surface area contributed by atoms with Gasteiger partial charge in [-0.15, -0.1) is 0 Å². The molecule has 0 aliphatic heterocycles. The second kappa shape index (κ2) is 7.57. The van der Waals surface area contributed by atoms with E-state index in [9.17, 15) is 4.79 Å². The molecule has 0 spiro atoms. The van der Waals surface area contributed by atoms with Crippen LogP contribution in [0.4, 0.5) is 0 Å². The average Bonchev–Trinajstić information content (AvgIpc) is 2.31. The zero-order valence-electron chi connectivity index (χ0n) is 11.7. The third-order valence-electron chi connectivity index (χ3n) is 3.79. The van der Waals surface area contributed by atoms with Gasteiger partial charge in [0.05, 0.1) is 0 Å². The van der Waals surface area contributed by atoms with Crippen LogP contribution in [0.2, 0.25) is 0 Å². The number of rotatable bonds is 9. The van der Waals surface area contributed by atoms with Crippen LogP contribution in [0.3, 0.4) is 0 Å². The van der Waals surface area contributed by atoms with Crippen molar-refractivity contribution in [3.05, 3.63) is 12.7 Å². The zero-order valence-corrected chi connectivity index (χ0v) is 11.7. The normalized spacial score (nSPS) is 18.8. The monoisotopic (exact) mass is 254 g/mol. The van der Waals surface area contributed by atoms with Gasteiger partial charge in [-0.2, -0.15) is 0 Å². The van der Waals surface area contributed by atoms with Gasteiger partial charge in [-0.3, -0.25) is 0 Å². The van der Waals surface area contributed by atoms with Crippen molar-refractivity contribution in [3.8, 4) is 0 Å². The molecule has 1 unspecified atom stereocenters. The summed E-state index contributed by atoms with van der Waals surface area (Å²) in [4.78, 5) is 11.2.